The molecule has 0 fully saturated rings. The van der Waals surface area contributed by atoms with E-state index in [1.54, 1.807) is 12.3 Å². The van der Waals surface area contributed by atoms with Gasteiger partial charge in [0.15, 0.2) is 0 Å². The first-order chi connectivity index (χ1) is 8.13. The van der Waals surface area contributed by atoms with Gasteiger partial charge in [-0.2, -0.15) is 0 Å². The van der Waals surface area contributed by atoms with Gasteiger partial charge < -0.3 is 0 Å². The smallest absolute Gasteiger partial charge is 0.0403 e. The van der Waals surface area contributed by atoms with Gasteiger partial charge in [-0.1, -0.05) is 47.5 Å². The maximum Gasteiger partial charge on any atom is 0.0403 e. The topological polar surface area (TPSA) is 12.4 Å². The SMILES string of the molecule is C#C/C=C\C(=C(/C)N=CC)C(C)C.CC.CC. The summed E-state index contributed by atoms with van der Waals surface area (Å²) in [5.41, 5.74) is 2.22. The van der Waals surface area contributed by atoms with Crippen LogP contribution in [0, 0.1) is 18.3 Å². The summed E-state index contributed by atoms with van der Waals surface area (Å²) in [6.45, 7) is 16.2. The first kappa shape index (κ1) is 21.0. The zero-order valence-corrected chi connectivity index (χ0v) is 12.8. The standard InChI is InChI=1S/C12H17N.2C2H6/c1-6-8-9-12(10(3)4)11(5)13-7-2;2*1-2/h1,7-10H,2-5H3;2*1-2H3/b9-8-,12-11-,13-7?;;. The van der Waals surface area contributed by atoms with Gasteiger partial charge in [0.25, 0.3) is 0 Å². The minimum atomic E-state index is 0.452. The Kier molecular flexibility index (Phi) is 21.2. The van der Waals surface area contributed by atoms with Gasteiger partial charge in [0.1, 0.15) is 0 Å². The molecule has 0 aromatic heterocycles. The molecule has 0 aromatic rings. The van der Waals surface area contributed by atoms with Crippen molar-refractivity contribution < 1.29 is 0 Å². The highest BCUT2D eigenvalue weighted by Crippen LogP contribution is 2.16. The lowest BCUT2D eigenvalue weighted by Gasteiger charge is -2.07. The van der Waals surface area contributed by atoms with Crippen molar-refractivity contribution in [1.29, 1.82) is 0 Å². The second-order valence-corrected chi connectivity index (χ2v) is 3.08. The molecule has 0 atom stereocenters. The third-order valence-corrected chi connectivity index (χ3v) is 1.72. The zero-order chi connectivity index (χ0) is 14.3. The van der Waals surface area contributed by atoms with Crippen LogP contribution in [-0.4, -0.2) is 6.21 Å². The third kappa shape index (κ3) is 12.6. The fourth-order valence-corrected chi connectivity index (χ4v) is 1.14. The molecule has 0 N–H and O–H groups in total. The van der Waals surface area contributed by atoms with Crippen LogP contribution in [0.15, 0.2) is 28.4 Å². The first-order valence-electron chi connectivity index (χ1n) is 6.45. The molecule has 0 aliphatic carbocycles. The Morgan fingerprint density at radius 1 is 1.18 bits per heavy atom. The van der Waals surface area contributed by atoms with Gasteiger partial charge in [0.2, 0.25) is 0 Å². The molecule has 1 nitrogen and oxygen atoms in total. The molecule has 0 radical (unpaired) electrons. The summed E-state index contributed by atoms with van der Waals surface area (Å²) in [6, 6.07) is 0. The van der Waals surface area contributed by atoms with Crippen molar-refractivity contribution in [2.24, 2.45) is 10.9 Å². The summed E-state index contributed by atoms with van der Waals surface area (Å²) in [5.74, 6) is 2.94. The predicted octanol–water partition coefficient (Wildman–Crippen LogP) is 5.25. The van der Waals surface area contributed by atoms with Crippen LogP contribution in [0.2, 0.25) is 0 Å². The normalized spacial score (nSPS) is 11.3. The number of terminal acetylenes is 1. The Bertz CT molecular complexity index is 272. The van der Waals surface area contributed by atoms with Crippen LogP contribution in [0.5, 0.6) is 0 Å². The molecule has 0 aliphatic heterocycles. The summed E-state index contributed by atoms with van der Waals surface area (Å²) in [4.78, 5) is 4.23. The van der Waals surface area contributed by atoms with E-state index in [-0.39, 0.29) is 0 Å². The summed E-state index contributed by atoms with van der Waals surface area (Å²) in [5, 5.41) is 0. The van der Waals surface area contributed by atoms with Gasteiger partial charge in [-0.3, -0.25) is 4.99 Å². The zero-order valence-electron chi connectivity index (χ0n) is 12.8. The van der Waals surface area contributed by atoms with Crippen LogP contribution in [0.25, 0.3) is 0 Å². The molecule has 0 aromatic carbocycles. The summed E-state index contributed by atoms with van der Waals surface area (Å²) in [7, 11) is 0. The maximum absolute atomic E-state index is 5.15. The fraction of sp³-hybridized carbons (Fsp3) is 0.562. The highest BCUT2D eigenvalue weighted by molar-refractivity contribution is 5.55. The van der Waals surface area contributed by atoms with E-state index in [9.17, 15) is 0 Å². The van der Waals surface area contributed by atoms with E-state index in [1.165, 1.54) is 5.57 Å². The second-order valence-electron chi connectivity index (χ2n) is 3.08. The van der Waals surface area contributed by atoms with Gasteiger partial charge in [0.05, 0.1) is 0 Å². The monoisotopic (exact) mass is 235 g/mol. The van der Waals surface area contributed by atoms with Crippen molar-refractivity contribution in [3.63, 3.8) is 0 Å². The van der Waals surface area contributed by atoms with Crippen molar-refractivity contribution in [3.8, 4) is 12.3 Å². The van der Waals surface area contributed by atoms with Crippen LogP contribution in [-0.2, 0) is 0 Å². The number of hydrogen-bond acceptors (Lipinski definition) is 1. The van der Waals surface area contributed by atoms with Crippen LogP contribution in [0.3, 0.4) is 0 Å². The number of aliphatic imine (C=N–C) groups is 1. The Morgan fingerprint density at radius 3 is 1.94 bits per heavy atom. The average molecular weight is 235 g/mol. The molecule has 0 rings (SSSR count). The number of allylic oxidation sites excluding steroid dienone is 4. The van der Waals surface area contributed by atoms with Crippen molar-refractivity contribution in [1.82, 2.24) is 0 Å². The van der Waals surface area contributed by atoms with E-state index in [1.807, 2.05) is 47.6 Å². The molecule has 0 aliphatic rings. The molecule has 0 saturated carbocycles. The van der Waals surface area contributed by atoms with Gasteiger partial charge in [-0.25, -0.2) is 0 Å². The number of rotatable bonds is 3. The van der Waals surface area contributed by atoms with Crippen molar-refractivity contribution in [2.45, 2.75) is 55.4 Å². The Hall–Kier alpha value is -1.29. The molecule has 0 bridgehead atoms. The lowest BCUT2D eigenvalue weighted by Crippen LogP contribution is -1.93. The van der Waals surface area contributed by atoms with E-state index < -0.39 is 0 Å². The maximum atomic E-state index is 5.15. The molecule has 0 saturated heterocycles. The molecule has 0 spiro atoms. The van der Waals surface area contributed by atoms with Crippen LogP contribution < -0.4 is 0 Å². The minimum Gasteiger partial charge on any atom is -0.266 e. The average Bonchev–Trinajstić information content (AvgIpc) is 2.34. The Balaban J connectivity index is -0.000000439. The molecular formula is C16H29N. The summed E-state index contributed by atoms with van der Waals surface area (Å²) < 4.78 is 0. The molecule has 0 amide bonds. The molecule has 98 valence electrons. The second kappa shape index (κ2) is 17.1. The summed E-state index contributed by atoms with van der Waals surface area (Å²) >= 11 is 0. The van der Waals surface area contributed by atoms with E-state index in [0.29, 0.717) is 5.92 Å². The Morgan fingerprint density at radius 2 is 1.65 bits per heavy atom. The number of hydrogen-bond donors (Lipinski definition) is 0. The lowest BCUT2D eigenvalue weighted by atomic mass is 10.0. The molecule has 0 unspecified atom stereocenters. The first-order valence-corrected chi connectivity index (χ1v) is 6.45. The fourth-order valence-electron chi connectivity index (χ4n) is 1.14. The molecule has 17 heavy (non-hydrogen) atoms. The van der Waals surface area contributed by atoms with E-state index in [2.05, 4.69) is 24.8 Å². The third-order valence-electron chi connectivity index (χ3n) is 1.72. The van der Waals surface area contributed by atoms with E-state index in [0.717, 1.165) is 5.70 Å². The number of nitrogens with zero attached hydrogens (tertiary/aromatic N) is 1. The largest absolute Gasteiger partial charge is 0.266 e. The summed E-state index contributed by atoms with van der Waals surface area (Å²) in [6.07, 6.45) is 10.6. The van der Waals surface area contributed by atoms with Gasteiger partial charge in [-0.15, -0.1) is 6.42 Å². The minimum absolute atomic E-state index is 0.452. The molecular weight excluding hydrogens is 206 g/mol. The van der Waals surface area contributed by atoms with Gasteiger partial charge in [-0.05, 0) is 37.5 Å². The molecule has 0 heterocycles. The van der Waals surface area contributed by atoms with Crippen molar-refractivity contribution in [2.75, 3.05) is 0 Å². The van der Waals surface area contributed by atoms with Gasteiger partial charge in [0, 0.05) is 11.9 Å². The highest BCUT2D eigenvalue weighted by atomic mass is 14.7. The Labute approximate surface area is 109 Å². The van der Waals surface area contributed by atoms with Crippen LogP contribution >= 0.6 is 0 Å². The van der Waals surface area contributed by atoms with Crippen molar-refractivity contribution >= 4 is 6.21 Å². The quantitative estimate of drug-likeness (QED) is 0.360. The van der Waals surface area contributed by atoms with E-state index >= 15 is 0 Å². The highest BCUT2D eigenvalue weighted by Gasteiger charge is 2.02. The van der Waals surface area contributed by atoms with Gasteiger partial charge >= 0.3 is 0 Å². The lowest BCUT2D eigenvalue weighted by molar-refractivity contribution is 0.777. The van der Waals surface area contributed by atoms with Crippen LogP contribution in [0.1, 0.15) is 55.4 Å². The molecule has 1 heteroatoms. The van der Waals surface area contributed by atoms with Crippen molar-refractivity contribution in [3.05, 3.63) is 23.4 Å². The van der Waals surface area contributed by atoms with E-state index in [4.69, 9.17) is 6.42 Å². The predicted molar refractivity (Wildman–Crippen MR) is 82.4 cm³/mol. The van der Waals surface area contributed by atoms with Crippen LogP contribution in [0.4, 0.5) is 0 Å².